The van der Waals surface area contributed by atoms with Crippen molar-refractivity contribution in [2.45, 2.75) is 44.4 Å². The summed E-state index contributed by atoms with van der Waals surface area (Å²) in [5, 5.41) is 0. The van der Waals surface area contributed by atoms with Gasteiger partial charge in [0.15, 0.2) is 11.5 Å². The SMILES string of the molecule is COc1ccc(C2CCC2)cc1OC(=O)C1CCC1. The van der Waals surface area contributed by atoms with E-state index in [2.05, 4.69) is 6.07 Å². The predicted octanol–water partition coefficient (Wildman–Crippen LogP) is 3.67. The molecule has 0 spiro atoms. The molecule has 2 saturated carbocycles. The summed E-state index contributed by atoms with van der Waals surface area (Å²) in [5.74, 6) is 1.86. The predicted molar refractivity (Wildman–Crippen MR) is 72.6 cm³/mol. The van der Waals surface area contributed by atoms with Crippen molar-refractivity contribution in [1.82, 2.24) is 0 Å². The van der Waals surface area contributed by atoms with E-state index in [1.54, 1.807) is 7.11 Å². The number of ether oxygens (including phenoxy) is 2. The molecule has 0 amide bonds. The van der Waals surface area contributed by atoms with Crippen molar-refractivity contribution >= 4 is 5.97 Å². The van der Waals surface area contributed by atoms with Crippen LogP contribution in [0.25, 0.3) is 0 Å². The van der Waals surface area contributed by atoms with E-state index in [-0.39, 0.29) is 11.9 Å². The van der Waals surface area contributed by atoms with Crippen molar-refractivity contribution in [3.63, 3.8) is 0 Å². The van der Waals surface area contributed by atoms with E-state index in [1.165, 1.54) is 24.8 Å². The lowest BCUT2D eigenvalue weighted by atomic mass is 9.80. The van der Waals surface area contributed by atoms with Crippen molar-refractivity contribution in [1.29, 1.82) is 0 Å². The zero-order valence-corrected chi connectivity index (χ0v) is 11.4. The van der Waals surface area contributed by atoms with Gasteiger partial charge in [-0.2, -0.15) is 0 Å². The van der Waals surface area contributed by atoms with Gasteiger partial charge in [0.25, 0.3) is 0 Å². The van der Waals surface area contributed by atoms with E-state index in [0.717, 1.165) is 19.3 Å². The van der Waals surface area contributed by atoms with Crippen LogP contribution in [0.15, 0.2) is 18.2 Å². The Bertz CT molecular complexity index is 473. The molecule has 0 saturated heterocycles. The number of carbonyl (C=O) groups excluding carboxylic acids is 1. The quantitative estimate of drug-likeness (QED) is 0.612. The second-order valence-corrected chi connectivity index (χ2v) is 5.59. The minimum Gasteiger partial charge on any atom is -0.493 e. The molecule has 0 aromatic heterocycles. The number of methoxy groups -OCH3 is 1. The minimum absolute atomic E-state index is 0.0945. The van der Waals surface area contributed by atoms with Gasteiger partial charge in [0, 0.05) is 0 Å². The van der Waals surface area contributed by atoms with Gasteiger partial charge in [-0.1, -0.05) is 18.9 Å². The van der Waals surface area contributed by atoms with Gasteiger partial charge in [-0.05, 0) is 49.3 Å². The Labute approximate surface area is 113 Å². The Morgan fingerprint density at radius 3 is 2.37 bits per heavy atom. The topological polar surface area (TPSA) is 35.5 Å². The number of esters is 1. The number of benzene rings is 1. The molecule has 19 heavy (non-hydrogen) atoms. The van der Waals surface area contributed by atoms with E-state index in [1.807, 2.05) is 12.1 Å². The molecule has 2 aliphatic rings. The van der Waals surface area contributed by atoms with Crippen LogP contribution < -0.4 is 9.47 Å². The van der Waals surface area contributed by atoms with E-state index in [4.69, 9.17) is 9.47 Å². The molecule has 0 radical (unpaired) electrons. The summed E-state index contributed by atoms with van der Waals surface area (Å²) in [4.78, 5) is 11.9. The maximum absolute atomic E-state index is 11.9. The fourth-order valence-corrected chi connectivity index (χ4v) is 2.60. The van der Waals surface area contributed by atoms with E-state index >= 15 is 0 Å². The van der Waals surface area contributed by atoms with Crippen LogP contribution in [0.3, 0.4) is 0 Å². The highest BCUT2D eigenvalue weighted by Crippen LogP contribution is 2.40. The van der Waals surface area contributed by atoms with E-state index in [9.17, 15) is 4.79 Å². The van der Waals surface area contributed by atoms with Crippen LogP contribution in [0, 0.1) is 5.92 Å². The first-order chi connectivity index (χ1) is 9.28. The second kappa shape index (κ2) is 5.24. The number of carbonyl (C=O) groups is 1. The third-order valence-corrected chi connectivity index (χ3v) is 4.41. The summed E-state index contributed by atoms with van der Waals surface area (Å²) < 4.78 is 10.8. The first kappa shape index (κ1) is 12.5. The molecule has 2 aliphatic carbocycles. The Balaban J connectivity index is 1.78. The van der Waals surface area contributed by atoms with Gasteiger partial charge < -0.3 is 9.47 Å². The van der Waals surface area contributed by atoms with Crippen LogP contribution >= 0.6 is 0 Å². The summed E-state index contributed by atoms with van der Waals surface area (Å²) in [7, 11) is 1.61. The number of hydrogen-bond donors (Lipinski definition) is 0. The third kappa shape index (κ3) is 2.46. The Hall–Kier alpha value is -1.51. The minimum atomic E-state index is -0.102. The highest BCUT2D eigenvalue weighted by molar-refractivity contribution is 5.76. The molecule has 0 heterocycles. The lowest BCUT2D eigenvalue weighted by Gasteiger charge is -2.27. The van der Waals surface area contributed by atoms with Crippen LogP contribution in [0.4, 0.5) is 0 Å². The molecule has 102 valence electrons. The molecular weight excluding hydrogens is 240 g/mol. The molecule has 3 nitrogen and oxygen atoms in total. The van der Waals surface area contributed by atoms with Crippen LogP contribution in [-0.4, -0.2) is 13.1 Å². The van der Waals surface area contributed by atoms with Crippen LogP contribution in [-0.2, 0) is 4.79 Å². The molecule has 0 N–H and O–H groups in total. The lowest BCUT2D eigenvalue weighted by Crippen LogP contribution is -2.26. The lowest BCUT2D eigenvalue weighted by molar-refractivity contribution is -0.141. The molecular formula is C16H20O3. The highest BCUT2D eigenvalue weighted by Gasteiger charge is 2.28. The molecule has 1 aromatic rings. The van der Waals surface area contributed by atoms with E-state index < -0.39 is 0 Å². The summed E-state index contributed by atoms with van der Waals surface area (Å²) in [6.07, 6.45) is 6.84. The third-order valence-electron chi connectivity index (χ3n) is 4.41. The average molecular weight is 260 g/mol. The summed E-state index contributed by atoms with van der Waals surface area (Å²) in [6.45, 7) is 0. The van der Waals surface area contributed by atoms with Gasteiger partial charge in [-0.25, -0.2) is 0 Å². The Morgan fingerprint density at radius 2 is 1.84 bits per heavy atom. The second-order valence-electron chi connectivity index (χ2n) is 5.59. The number of hydrogen-bond acceptors (Lipinski definition) is 3. The average Bonchev–Trinajstić information content (AvgIpc) is 2.24. The smallest absolute Gasteiger partial charge is 0.314 e. The van der Waals surface area contributed by atoms with Gasteiger partial charge in [-0.3, -0.25) is 4.79 Å². The number of rotatable bonds is 4. The van der Waals surface area contributed by atoms with Gasteiger partial charge in [-0.15, -0.1) is 0 Å². The maximum atomic E-state index is 11.9. The zero-order chi connectivity index (χ0) is 13.2. The van der Waals surface area contributed by atoms with Crippen molar-refractivity contribution in [3.05, 3.63) is 23.8 Å². The van der Waals surface area contributed by atoms with Crippen molar-refractivity contribution in [2.75, 3.05) is 7.11 Å². The van der Waals surface area contributed by atoms with Gasteiger partial charge in [0.1, 0.15) is 0 Å². The molecule has 3 rings (SSSR count). The molecule has 2 fully saturated rings. The van der Waals surface area contributed by atoms with Gasteiger partial charge in [0.2, 0.25) is 0 Å². The highest BCUT2D eigenvalue weighted by atomic mass is 16.6. The molecule has 0 bridgehead atoms. The standard InChI is InChI=1S/C16H20O3/c1-18-14-9-8-13(11-4-2-5-11)10-15(14)19-16(17)12-6-3-7-12/h8-12H,2-7H2,1H3. The molecule has 0 atom stereocenters. The van der Waals surface area contributed by atoms with Crippen molar-refractivity contribution < 1.29 is 14.3 Å². The van der Waals surface area contributed by atoms with Crippen molar-refractivity contribution in [2.24, 2.45) is 5.92 Å². The molecule has 1 aromatic carbocycles. The van der Waals surface area contributed by atoms with Crippen LogP contribution in [0.2, 0.25) is 0 Å². The molecule has 0 aliphatic heterocycles. The Kier molecular flexibility index (Phi) is 3.45. The van der Waals surface area contributed by atoms with Gasteiger partial charge >= 0.3 is 5.97 Å². The fourth-order valence-electron chi connectivity index (χ4n) is 2.60. The first-order valence-electron chi connectivity index (χ1n) is 7.17. The van der Waals surface area contributed by atoms with Crippen LogP contribution in [0.5, 0.6) is 11.5 Å². The maximum Gasteiger partial charge on any atom is 0.314 e. The zero-order valence-electron chi connectivity index (χ0n) is 11.4. The molecule has 0 unspecified atom stereocenters. The van der Waals surface area contributed by atoms with Crippen molar-refractivity contribution in [3.8, 4) is 11.5 Å². The largest absolute Gasteiger partial charge is 0.493 e. The van der Waals surface area contributed by atoms with E-state index in [0.29, 0.717) is 17.4 Å². The van der Waals surface area contributed by atoms with Gasteiger partial charge in [0.05, 0.1) is 13.0 Å². The summed E-state index contributed by atoms with van der Waals surface area (Å²) in [5.41, 5.74) is 1.27. The molecule has 3 heteroatoms. The summed E-state index contributed by atoms with van der Waals surface area (Å²) >= 11 is 0. The monoisotopic (exact) mass is 260 g/mol. The fraction of sp³-hybridized carbons (Fsp3) is 0.562. The van der Waals surface area contributed by atoms with Crippen LogP contribution in [0.1, 0.15) is 50.0 Å². The summed E-state index contributed by atoms with van der Waals surface area (Å²) in [6, 6.07) is 5.99. The first-order valence-corrected chi connectivity index (χ1v) is 7.17. The Morgan fingerprint density at radius 1 is 1.11 bits per heavy atom. The normalized spacial score (nSPS) is 19.4.